The molecule has 1 aromatic carbocycles. The molecule has 0 saturated carbocycles. The molecule has 158 valence electrons. The van der Waals surface area contributed by atoms with Crippen molar-refractivity contribution >= 4 is 17.1 Å². The van der Waals surface area contributed by atoms with Gasteiger partial charge in [0, 0.05) is 30.6 Å². The zero-order valence-electron chi connectivity index (χ0n) is 17.7. The second-order valence-electron chi connectivity index (χ2n) is 7.31. The zero-order valence-corrected chi connectivity index (χ0v) is 18.5. The highest BCUT2D eigenvalue weighted by atomic mass is 35.5. The molecule has 0 amide bonds. The molecule has 0 spiro atoms. The molecule has 32 heavy (non-hydrogen) atoms. The van der Waals surface area contributed by atoms with Crippen LogP contribution in [-0.4, -0.2) is 36.3 Å². The number of ether oxygens (including phenoxy) is 1. The lowest BCUT2D eigenvalue weighted by atomic mass is 10.1. The first-order chi connectivity index (χ1) is 15.5. The highest BCUT2D eigenvalue weighted by molar-refractivity contribution is 6.32. The van der Waals surface area contributed by atoms with Gasteiger partial charge in [0.2, 0.25) is 0 Å². The second-order valence-corrected chi connectivity index (χ2v) is 7.72. The minimum atomic E-state index is 0.634. The van der Waals surface area contributed by atoms with Crippen LogP contribution in [0.2, 0.25) is 5.02 Å². The molecule has 4 heterocycles. The van der Waals surface area contributed by atoms with E-state index >= 15 is 0 Å². The van der Waals surface area contributed by atoms with Crippen LogP contribution >= 0.6 is 11.6 Å². The van der Waals surface area contributed by atoms with E-state index in [9.17, 15) is 0 Å². The Bertz CT molecular complexity index is 1510. The maximum Gasteiger partial charge on any atom is 0.146 e. The number of pyridine rings is 1. The number of para-hydroxylation sites is 1. The van der Waals surface area contributed by atoms with Crippen molar-refractivity contribution in [3.8, 4) is 34.4 Å². The van der Waals surface area contributed by atoms with Crippen molar-refractivity contribution in [3.63, 3.8) is 0 Å². The molecule has 5 aromatic rings. The molecule has 0 bridgehead atoms. The molecule has 5 rings (SSSR count). The van der Waals surface area contributed by atoms with Crippen LogP contribution in [0, 0.1) is 18.8 Å². The van der Waals surface area contributed by atoms with E-state index in [0.717, 1.165) is 39.2 Å². The van der Waals surface area contributed by atoms with Crippen LogP contribution in [0.15, 0.2) is 61.3 Å². The normalized spacial score (nSPS) is 10.9. The summed E-state index contributed by atoms with van der Waals surface area (Å²) in [5, 5.41) is 13.8. The summed E-state index contributed by atoms with van der Waals surface area (Å²) >= 11 is 6.33. The molecule has 0 atom stereocenters. The van der Waals surface area contributed by atoms with Crippen LogP contribution in [0.4, 0.5) is 0 Å². The first-order valence-electron chi connectivity index (χ1n) is 9.91. The topological polar surface area (TPSA) is 62.2 Å². The van der Waals surface area contributed by atoms with Gasteiger partial charge in [-0.15, -0.1) is 0 Å². The Balaban J connectivity index is 1.55. The SMILES string of the molecule is COc1cc(-c2cnn(C)c2)cn2ncc(C#Cc3cnn(-c4ccccc4Cl)c3C)c12. The molecule has 0 saturated heterocycles. The fourth-order valence-electron chi connectivity index (χ4n) is 3.59. The quantitative estimate of drug-likeness (QED) is 0.391. The first kappa shape index (κ1) is 19.9. The molecule has 0 aliphatic carbocycles. The number of nitrogens with zero attached hydrogens (tertiary/aromatic N) is 6. The highest BCUT2D eigenvalue weighted by Gasteiger charge is 2.13. The molecule has 0 aliphatic rings. The number of hydrogen-bond donors (Lipinski definition) is 0. The number of methoxy groups -OCH3 is 1. The van der Waals surface area contributed by atoms with Crippen LogP contribution in [0.1, 0.15) is 16.8 Å². The van der Waals surface area contributed by atoms with Crippen molar-refractivity contribution in [1.29, 1.82) is 0 Å². The second kappa shape index (κ2) is 7.91. The van der Waals surface area contributed by atoms with E-state index in [1.807, 2.05) is 62.9 Å². The predicted octanol–water partition coefficient (Wildman–Crippen LogP) is 4.29. The number of halogens is 1. The maximum absolute atomic E-state index is 6.33. The van der Waals surface area contributed by atoms with Gasteiger partial charge in [0.05, 0.1) is 53.2 Å². The van der Waals surface area contributed by atoms with Crippen LogP contribution < -0.4 is 4.74 Å². The van der Waals surface area contributed by atoms with Crippen molar-refractivity contribution in [3.05, 3.63) is 83.2 Å². The van der Waals surface area contributed by atoms with E-state index in [4.69, 9.17) is 16.3 Å². The van der Waals surface area contributed by atoms with Crippen LogP contribution in [0.3, 0.4) is 0 Å². The summed E-state index contributed by atoms with van der Waals surface area (Å²) in [5.74, 6) is 7.14. The summed E-state index contributed by atoms with van der Waals surface area (Å²) in [7, 11) is 3.53. The number of rotatable bonds is 3. The van der Waals surface area contributed by atoms with Crippen molar-refractivity contribution < 1.29 is 4.74 Å². The summed E-state index contributed by atoms with van der Waals surface area (Å²) in [4.78, 5) is 0. The van der Waals surface area contributed by atoms with Gasteiger partial charge in [-0.1, -0.05) is 35.6 Å². The Kier molecular flexibility index (Phi) is 4.92. The third kappa shape index (κ3) is 3.41. The van der Waals surface area contributed by atoms with Gasteiger partial charge in [-0.2, -0.15) is 15.3 Å². The van der Waals surface area contributed by atoms with Crippen LogP contribution in [-0.2, 0) is 7.05 Å². The number of benzene rings is 1. The average molecular weight is 443 g/mol. The van der Waals surface area contributed by atoms with Crippen molar-refractivity contribution in [2.75, 3.05) is 7.11 Å². The first-order valence-corrected chi connectivity index (χ1v) is 10.3. The lowest BCUT2D eigenvalue weighted by Crippen LogP contribution is -1.99. The van der Waals surface area contributed by atoms with Gasteiger partial charge in [0.15, 0.2) is 0 Å². The fourth-order valence-corrected chi connectivity index (χ4v) is 3.81. The van der Waals surface area contributed by atoms with E-state index in [0.29, 0.717) is 10.8 Å². The monoisotopic (exact) mass is 442 g/mol. The Morgan fingerprint density at radius 3 is 2.47 bits per heavy atom. The van der Waals surface area contributed by atoms with Gasteiger partial charge < -0.3 is 4.74 Å². The van der Waals surface area contributed by atoms with E-state index < -0.39 is 0 Å². The van der Waals surface area contributed by atoms with E-state index in [1.165, 1.54) is 0 Å². The molecular formula is C24H19ClN6O. The van der Waals surface area contributed by atoms with Crippen molar-refractivity contribution in [2.45, 2.75) is 6.92 Å². The average Bonchev–Trinajstić information content (AvgIpc) is 3.51. The number of aryl methyl sites for hydroxylation is 1. The van der Waals surface area contributed by atoms with Crippen LogP contribution in [0.5, 0.6) is 5.75 Å². The van der Waals surface area contributed by atoms with Gasteiger partial charge in [-0.25, -0.2) is 9.20 Å². The molecule has 0 N–H and O–H groups in total. The Morgan fingerprint density at radius 1 is 0.938 bits per heavy atom. The van der Waals surface area contributed by atoms with Gasteiger partial charge in [-0.05, 0) is 25.1 Å². The third-order valence-corrected chi connectivity index (χ3v) is 5.58. The predicted molar refractivity (Wildman–Crippen MR) is 123 cm³/mol. The largest absolute Gasteiger partial charge is 0.494 e. The van der Waals surface area contributed by atoms with Crippen molar-refractivity contribution in [2.24, 2.45) is 7.05 Å². The lowest BCUT2D eigenvalue weighted by Gasteiger charge is -2.06. The third-order valence-electron chi connectivity index (χ3n) is 5.26. The molecule has 0 aliphatic heterocycles. The summed E-state index contributed by atoms with van der Waals surface area (Å²) in [5.41, 5.74) is 6.07. The molecule has 7 nitrogen and oxygen atoms in total. The number of fused-ring (bicyclic) bond motifs is 1. The molecule has 0 fully saturated rings. The number of aromatic nitrogens is 6. The van der Waals surface area contributed by atoms with E-state index in [1.54, 1.807) is 33.4 Å². The Labute approximate surface area is 189 Å². The van der Waals surface area contributed by atoms with E-state index in [2.05, 4.69) is 27.1 Å². The van der Waals surface area contributed by atoms with Gasteiger partial charge in [0.25, 0.3) is 0 Å². The van der Waals surface area contributed by atoms with Gasteiger partial charge in [-0.3, -0.25) is 4.68 Å². The highest BCUT2D eigenvalue weighted by Crippen LogP contribution is 2.29. The lowest BCUT2D eigenvalue weighted by molar-refractivity contribution is 0.417. The van der Waals surface area contributed by atoms with Crippen LogP contribution in [0.25, 0.3) is 22.3 Å². The molecule has 8 heteroatoms. The zero-order chi connectivity index (χ0) is 22.2. The summed E-state index contributed by atoms with van der Waals surface area (Å²) in [6, 6.07) is 9.56. The molecular weight excluding hydrogens is 424 g/mol. The smallest absolute Gasteiger partial charge is 0.146 e. The summed E-state index contributed by atoms with van der Waals surface area (Å²) < 4.78 is 11.0. The Hall–Kier alpha value is -4.02. The summed E-state index contributed by atoms with van der Waals surface area (Å²) in [6.45, 7) is 1.97. The summed E-state index contributed by atoms with van der Waals surface area (Å²) in [6.07, 6.45) is 9.19. The van der Waals surface area contributed by atoms with E-state index in [-0.39, 0.29) is 0 Å². The molecule has 0 radical (unpaired) electrons. The number of hydrogen-bond acceptors (Lipinski definition) is 4. The molecule has 0 unspecified atom stereocenters. The Morgan fingerprint density at radius 2 is 1.72 bits per heavy atom. The van der Waals surface area contributed by atoms with Crippen molar-refractivity contribution in [1.82, 2.24) is 29.2 Å². The fraction of sp³-hybridized carbons (Fsp3) is 0.125. The van der Waals surface area contributed by atoms with Gasteiger partial charge in [0.1, 0.15) is 11.3 Å². The molecule has 4 aromatic heterocycles. The minimum absolute atomic E-state index is 0.634. The maximum atomic E-state index is 6.33. The standard InChI is InChI=1S/C24H19ClN6O/c1-16-17(11-28-31(16)22-7-5-4-6-21(22)25)8-9-18-12-27-30-15-19(10-23(32-3)24(18)30)20-13-26-29(2)14-20/h4-7,10-15H,1-3H3. The van der Waals surface area contributed by atoms with Gasteiger partial charge >= 0.3 is 0 Å². The minimum Gasteiger partial charge on any atom is -0.494 e.